The molecule has 0 aromatic carbocycles. The Morgan fingerprint density at radius 2 is 1.08 bits per heavy atom. The molecule has 0 unspecified atom stereocenters. The predicted octanol–water partition coefficient (Wildman–Crippen LogP) is 1.42. The lowest BCUT2D eigenvalue weighted by Gasteiger charge is -2.48. The molecular formula is C25H38O13. The smallest absolute Gasteiger partial charge is 0.305 e. The highest BCUT2D eigenvalue weighted by Crippen LogP contribution is 2.38. The molecular weight excluding hydrogens is 508 g/mol. The van der Waals surface area contributed by atoms with E-state index in [0.29, 0.717) is 6.42 Å². The summed E-state index contributed by atoms with van der Waals surface area (Å²) in [7, 11) is 0. The average molecular weight is 547 g/mol. The van der Waals surface area contributed by atoms with Crippen molar-refractivity contribution in [3.8, 4) is 0 Å². The van der Waals surface area contributed by atoms with Crippen LogP contribution in [-0.2, 0) is 61.9 Å². The quantitative estimate of drug-likeness (QED) is 0.302. The zero-order valence-electron chi connectivity index (χ0n) is 23.0. The molecule has 2 aliphatic rings. The first-order chi connectivity index (χ1) is 17.7. The fourth-order valence-electron chi connectivity index (χ4n) is 4.62. The van der Waals surface area contributed by atoms with E-state index in [0.717, 1.165) is 20.8 Å². The molecule has 13 heteroatoms. The van der Waals surface area contributed by atoms with Gasteiger partial charge < -0.3 is 37.9 Å². The summed E-state index contributed by atoms with van der Waals surface area (Å²) < 4.78 is 45.1. The SMILES string of the molecule is CC[C@H]1O[C@H](O[C@H]2[C@H](OC(C)=O)[C@@H](OC(C)=O)[C@H](OC(C)=O)O[C@@H]2COC(C)=O)[C@H](OC(C)=O)[C@@H](C)[C@@H]1C. The summed E-state index contributed by atoms with van der Waals surface area (Å²) in [6, 6.07) is 0. The Morgan fingerprint density at radius 1 is 0.579 bits per heavy atom. The van der Waals surface area contributed by atoms with Crippen LogP contribution in [0.3, 0.4) is 0 Å². The first-order valence-corrected chi connectivity index (χ1v) is 12.5. The Hall–Kier alpha value is -2.77. The summed E-state index contributed by atoms with van der Waals surface area (Å²) in [6.45, 7) is 11.2. The van der Waals surface area contributed by atoms with Crippen molar-refractivity contribution in [3.05, 3.63) is 0 Å². The van der Waals surface area contributed by atoms with E-state index in [2.05, 4.69) is 0 Å². The van der Waals surface area contributed by atoms with Gasteiger partial charge in [-0.3, -0.25) is 24.0 Å². The summed E-state index contributed by atoms with van der Waals surface area (Å²) in [5.74, 6) is -3.67. The van der Waals surface area contributed by atoms with Gasteiger partial charge in [-0.1, -0.05) is 20.8 Å². The minimum absolute atomic E-state index is 0.00931. The van der Waals surface area contributed by atoms with Crippen molar-refractivity contribution in [2.24, 2.45) is 11.8 Å². The average Bonchev–Trinajstić information content (AvgIpc) is 2.79. The molecule has 2 aliphatic heterocycles. The van der Waals surface area contributed by atoms with Gasteiger partial charge >= 0.3 is 29.8 Å². The summed E-state index contributed by atoms with van der Waals surface area (Å²) in [4.78, 5) is 59.4. The van der Waals surface area contributed by atoms with Crippen molar-refractivity contribution in [1.29, 1.82) is 0 Å². The molecule has 0 aliphatic carbocycles. The van der Waals surface area contributed by atoms with Crippen LogP contribution < -0.4 is 0 Å². The maximum Gasteiger partial charge on any atom is 0.305 e. The second-order valence-electron chi connectivity index (χ2n) is 9.45. The number of hydrogen-bond donors (Lipinski definition) is 0. The third-order valence-electron chi connectivity index (χ3n) is 6.44. The number of ether oxygens (including phenoxy) is 8. The maximum atomic E-state index is 12.1. The Balaban J connectivity index is 2.54. The van der Waals surface area contributed by atoms with Gasteiger partial charge in [0.05, 0.1) is 6.10 Å². The zero-order valence-corrected chi connectivity index (χ0v) is 23.0. The van der Waals surface area contributed by atoms with Crippen LogP contribution in [0.1, 0.15) is 61.8 Å². The topological polar surface area (TPSA) is 159 Å². The number of carbonyl (C=O) groups is 5. The highest BCUT2D eigenvalue weighted by atomic mass is 16.8. The molecule has 0 amide bonds. The van der Waals surface area contributed by atoms with Gasteiger partial charge in [0.25, 0.3) is 0 Å². The highest BCUT2D eigenvalue weighted by molar-refractivity contribution is 5.68. The third kappa shape index (κ3) is 8.37. The molecule has 0 bridgehead atoms. The van der Waals surface area contributed by atoms with Crippen LogP contribution >= 0.6 is 0 Å². The van der Waals surface area contributed by atoms with Gasteiger partial charge in [0.15, 0.2) is 18.5 Å². The van der Waals surface area contributed by atoms with E-state index < -0.39 is 79.6 Å². The highest BCUT2D eigenvalue weighted by Gasteiger charge is 2.55. The standard InChI is InChI=1S/C25H38O13/c1-9-18-11(2)12(3)20(32-14(5)27)24(36-18)38-21-19(10-31-13(4)26)37-25(35-17(8)30)23(34-16(7)29)22(21)33-15(6)28/h11-12,18-25H,9-10H2,1-8H3/t11-,12-,18+,19+,20+,21+,22-,23+,24+,25+/m0/s1. The van der Waals surface area contributed by atoms with E-state index in [9.17, 15) is 24.0 Å². The molecule has 216 valence electrons. The van der Waals surface area contributed by atoms with Gasteiger partial charge in [0.1, 0.15) is 18.8 Å². The van der Waals surface area contributed by atoms with Crippen molar-refractivity contribution in [2.75, 3.05) is 6.61 Å². The van der Waals surface area contributed by atoms with Crippen molar-refractivity contribution >= 4 is 29.8 Å². The normalized spacial score (nSPS) is 34.9. The van der Waals surface area contributed by atoms with Crippen LogP contribution in [0.4, 0.5) is 0 Å². The largest absolute Gasteiger partial charge is 0.463 e. The number of carbonyl (C=O) groups excluding carboxylic acids is 5. The van der Waals surface area contributed by atoms with Crippen molar-refractivity contribution in [3.63, 3.8) is 0 Å². The van der Waals surface area contributed by atoms with Gasteiger partial charge in [0, 0.05) is 40.5 Å². The van der Waals surface area contributed by atoms with E-state index in [4.69, 9.17) is 37.9 Å². The Morgan fingerprint density at radius 3 is 1.58 bits per heavy atom. The predicted molar refractivity (Wildman–Crippen MR) is 126 cm³/mol. The van der Waals surface area contributed by atoms with E-state index in [1.54, 1.807) is 0 Å². The van der Waals surface area contributed by atoms with Crippen LogP contribution in [0.15, 0.2) is 0 Å². The Bertz CT molecular complexity index is 873. The van der Waals surface area contributed by atoms with E-state index >= 15 is 0 Å². The molecule has 0 aromatic heterocycles. The molecule has 0 radical (unpaired) electrons. The number of hydrogen-bond acceptors (Lipinski definition) is 13. The second kappa shape index (κ2) is 13.9. The molecule has 2 fully saturated rings. The first-order valence-electron chi connectivity index (χ1n) is 12.5. The first kappa shape index (κ1) is 31.4. The summed E-state index contributed by atoms with van der Waals surface area (Å²) >= 11 is 0. The molecule has 38 heavy (non-hydrogen) atoms. The monoisotopic (exact) mass is 546 g/mol. The number of esters is 5. The molecule has 0 spiro atoms. The molecule has 0 saturated carbocycles. The molecule has 2 heterocycles. The van der Waals surface area contributed by atoms with Gasteiger partial charge in [-0.2, -0.15) is 0 Å². The van der Waals surface area contributed by atoms with Gasteiger partial charge in [-0.15, -0.1) is 0 Å². The summed E-state index contributed by atoms with van der Waals surface area (Å²) in [5, 5.41) is 0. The molecule has 2 rings (SSSR count). The van der Waals surface area contributed by atoms with E-state index in [-0.39, 0.29) is 17.9 Å². The lowest BCUT2D eigenvalue weighted by Crippen LogP contribution is -2.65. The minimum atomic E-state index is -1.51. The zero-order chi connectivity index (χ0) is 28.7. The summed E-state index contributed by atoms with van der Waals surface area (Å²) in [6.07, 6.45) is -8.40. The van der Waals surface area contributed by atoms with Crippen LogP contribution in [0.5, 0.6) is 0 Å². The van der Waals surface area contributed by atoms with Gasteiger partial charge in [0.2, 0.25) is 12.4 Å². The van der Waals surface area contributed by atoms with Crippen molar-refractivity contribution < 1.29 is 61.9 Å². The molecule has 0 aromatic rings. The van der Waals surface area contributed by atoms with Gasteiger partial charge in [-0.25, -0.2) is 0 Å². The fourth-order valence-corrected chi connectivity index (χ4v) is 4.62. The fraction of sp³-hybridized carbons (Fsp3) is 0.800. The summed E-state index contributed by atoms with van der Waals surface area (Å²) in [5.41, 5.74) is 0. The third-order valence-corrected chi connectivity index (χ3v) is 6.44. The minimum Gasteiger partial charge on any atom is -0.463 e. The van der Waals surface area contributed by atoms with Crippen LogP contribution in [0, 0.1) is 11.8 Å². The molecule has 13 nitrogen and oxygen atoms in total. The van der Waals surface area contributed by atoms with Crippen LogP contribution in [-0.4, -0.2) is 85.7 Å². The molecule has 10 atom stereocenters. The molecule has 0 N–H and O–H groups in total. The van der Waals surface area contributed by atoms with Crippen LogP contribution in [0.25, 0.3) is 0 Å². The Labute approximate surface area is 221 Å². The second-order valence-corrected chi connectivity index (χ2v) is 9.45. The number of rotatable bonds is 9. The van der Waals surface area contributed by atoms with Crippen molar-refractivity contribution in [2.45, 2.75) is 111 Å². The lowest BCUT2D eigenvalue weighted by molar-refractivity contribution is -0.348. The maximum absolute atomic E-state index is 12.1. The van der Waals surface area contributed by atoms with Crippen LogP contribution in [0.2, 0.25) is 0 Å². The Kier molecular flexibility index (Phi) is 11.5. The van der Waals surface area contributed by atoms with Gasteiger partial charge in [-0.05, 0) is 12.3 Å². The molecule has 2 saturated heterocycles. The van der Waals surface area contributed by atoms with E-state index in [1.165, 1.54) is 13.8 Å². The lowest BCUT2D eigenvalue weighted by atomic mass is 9.82. The van der Waals surface area contributed by atoms with E-state index in [1.807, 2.05) is 20.8 Å². The van der Waals surface area contributed by atoms with Crippen molar-refractivity contribution in [1.82, 2.24) is 0 Å².